The molecule has 1 aromatic heterocycles. The van der Waals surface area contributed by atoms with Gasteiger partial charge in [0.2, 0.25) is 0 Å². The Morgan fingerprint density at radius 1 is 1.47 bits per heavy atom. The first-order valence-electron chi connectivity index (χ1n) is 5.38. The summed E-state index contributed by atoms with van der Waals surface area (Å²) >= 11 is 0. The van der Waals surface area contributed by atoms with E-state index in [-0.39, 0.29) is 11.3 Å². The van der Waals surface area contributed by atoms with Gasteiger partial charge in [0.25, 0.3) is 0 Å². The van der Waals surface area contributed by atoms with Crippen LogP contribution in [-0.2, 0) is 4.74 Å². The number of anilines is 1. The summed E-state index contributed by atoms with van der Waals surface area (Å²) in [6.07, 6.45) is 2.61. The summed E-state index contributed by atoms with van der Waals surface area (Å²) in [5.41, 5.74) is -0.373. The van der Waals surface area contributed by atoms with E-state index in [9.17, 15) is 4.79 Å². The van der Waals surface area contributed by atoms with Crippen LogP contribution in [0, 0.1) is 0 Å². The van der Waals surface area contributed by atoms with Crippen molar-refractivity contribution < 1.29 is 14.6 Å². The zero-order valence-corrected chi connectivity index (χ0v) is 10.2. The fraction of sp³-hybridized carbons (Fsp3) is 0.545. The van der Waals surface area contributed by atoms with Gasteiger partial charge in [-0.2, -0.15) is 0 Å². The summed E-state index contributed by atoms with van der Waals surface area (Å²) < 4.78 is 5.51. The molecular formula is C11H17N3O3. The molecule has 1 aromatic rings. The lowest BCUT2D eigenvalue weighted by molar-refractivity contribution is 0.000629. The normalized spacial score (nSPS) is 11.2. The van der Waals surface area contributed by atoms with Crippen LogP contribution in [0.15, 0.2) is 12.4 Å². The molecule has 0 saturated carbocycles. The van der Waals surface area contributed by atoms with Crippen LogP contribution < -0.4 is 5.32 Å². The van der Waals surface area contributed by atoms with E-state index in [0.717, 1.165) is 0 Å². The molecule has 17 heavy (non-hydrogen) atoms. The SMILES string of the molecule is CCOC(C)(C)CNc1cnc(C(=O)O)cn1. The van der Waals surface area contributed by atoms with E-state index in [1.165, 1.54) is 12.4 Å². The maximum absolute atomic E-state index is 10.6. The third kappa shape index (κ3) is 4.36. The monoisotopic (exact) mass is 239 g/mol. The molecule has 0 saturated heterocycles. The predicted octanol–water partition coefficient (Wildman–Crippen LogP) is 1.40. The third-order valence-electron chi connectivity index (χ3n) is 2.10. The van der Waals surface area contributed by atoms with E-state index in [4.69, 9.17) is 9.84 Å². The maximum atomic E-state index is 10.6. The highest BCUT2D eigenvalue weighted by molar-refractivity contribution is 5.84. The molecule has 0 aliphatic rings. The summed E-state index contributed by atoms with van der Waals surface area (Å²) in [4.78, 5) is 18.3. The highest BCUT2D eigenvalue weighted by atomic mass is 16.5. The maximum Gasteiger partial charge on any atom is 0.356 e. The summed E-state index contributed by atoms with van der Waals surface area (Å²) in [6, 6.07) is 0. The fourth-order valence-electron chi connectivity index (χ4n) is 1.27. The minimum Gasteiger partial charge on any atom is -0.476 e. The second-order valence-corrected chi connectivity index (χ2v) is 4.14. The zero-order chi connectivity index (χ0) is 12.9. The van der Waals surface area contributed by atoms with Gasteiger partial charge >= 0.3 is 5.97 Å². The zero-order valence-electron chi connectivity index (χ0n) is 10.2. The molecule has 1 rings (SSSR count). The lowest BCUT2D eigenvalue weighted by Gasteiger charge is -2.25. The van der Waals surface area contributed by atoms with Gasteiger partial charge in [0.1, 0.15) is 5.82 Å². The quantitative estimate of drug-likeness (QED) is 0.780. The highest BCUT2D eigenvalue weighted by Gasteiger charge is 2.17. The molecule has 0 atom stereocenters. The number of nitrogens with one attached hydrogen (secondary N) is 1. The molecule has 0 spiro atoms. The van der Waals surface area contributed by atoms with Crippen molar-refractivity contribution in [3.8, 4) is 0 Å². The average molecular weight is 239 g/mol. The van der Waals surface area contributed by atoms with Crippen LogP contribution >= 0.6 is 0 Å². The highest BCUT2D eigenvalue weighted by Crippen LogP contribution is 2.10. The summed E-state index contributed by atoms with van der Waals surface area (Å²) in [5.74, 6) is -0.554. The Morgan fingerprint density at radius 2 is 2.18 bits per heavy atom. The topological polar surface area (TPSA) is 84.3 Å². The summed E-state index contributed by atoms with van der Waals surface area (Å²) in [6.45, 7) is 7.06. The lowest BCUT2D eigenvalue weighted by Crippen LogP contribution is -2.33. The van der Waals surface area contributed by atoms with E-state index < -0.39 is 5.97 Å². The van der Waals surface area contributed by atoms with Gasteiger partial charge in [0, 0.05) is 13.2 Å². The van der Waals surface area contributed by atoms with E-state index in [0.29, 0.717) is 19.0 Å². The first-order valence-corrected chi connectivity index (χ1v) is 5.38. The van der Waals surface area contributed by atoms with Crippen molar-refractivity contribution in [1.29, 1.82) is 0 Å². The van der Waals surface area contributed by atoms with Crippen LogP contribution in [0.3, 0.4) is 0 Å². The number of ether oxygens (including phenoxy) is 1. The second kappa shape index (κ2) is 5.58. The predicted molar refractivity (Wildman–Crippen MR) is 63.2 cm³/mol. The molecule has 0 unspecified atom stereocenters. The Labute approximate surface area is 100 Å². The number of aromatic carboxylic acids is 1. The minimum absolute atomic E-state index is 0.0698. The van der Waals surface area contributed by atoms with Gasteiger partial charge in [-0.05, 0) is 20.8 Å². The number of nitrogens with zero attached hydrogens (tertiary/aromatic N) is 2. The van der Waals surface area contributed by atoms with Gasteiger partial charge in [-0.1, -0.05) is 0 Å². The van der Waals surface area contributed by atoms with Crippen molar-refractivity contribution in [3.63, 3.8) is 0 Å². The lowest BCUT2D eigenvalue weighted by atomic mass is 10.1. The van der Waals surface area contributed by atoms with Crippen molar-refractivity contribution >= 4 is 11.8 Å². The van der Waals surface area contributed by atoms with Crippen LogP contribution in [0.25, 0.3) is 0 Å². The van der Waals surface area contributed by atoms with Crippen molar-refractivity contribution in [2.75, 3.05) is 18.5 Å². The van der Waals surface area contributed by atoms with Gasteiger partial charge in [-0.15, -0.1) is 0 Å². The van der Waals surface area contributed by atoms with E-state index in [1.807, 2.05) is 20.8 Å². The van der Waals surface area contributed by atoms with Gasteiger partial charge in [0.05, 0.1) is 18.0 Å². The summed E-state index contributed by atoms with van der Waals surface area (Å²) in [5, 5.41) is 11.7. The number of aromatic nitrogens is 2. The molecule has 2 N–H and O–H groups in total. The Kier molecular flexibility index (Phi) is 4.39. The van der Waals surface area contributed by atoms with Gasteiger partial charge in [0.15, 0.2) is 5.69 Å². The first-order chi connectivity index (χ1) is 7.94. The molecule has 0 radical (unpaired) electrons. The number of carboxylic acids is 1. The Balaban J connectivity index is 2.55. The van der Waals surface area contributed by atoms with Gasteiger partial charge in [-0.3, -0.25) is 0 Å². The van der Waals surface area contributed by atoms with Crippen molar-refractivity contribution in [2.45, 2.75) is 26.4 Å². The van der Waals surface area contributed by atoms with Crippen molar-refractivity contribution in [1.82, 2.24) is 9.97 Å². The molecule has 6 heteroatoms. The van der Waals surface area contributed by atoms with E-state index in [1.54, 1.807) is 0 Å². The molecular weight excluding hydrogens is 222 g/mol. The molecule has 0 aliphatic heterocycles. The Hall–Kier alpha value is -1.69. The fourth-order valence-corrected chi connectivity index (χ4v) is 1.27. The number of carboxylic acid groups (broad SMARTS) is 1. The van der Waals surface area contributed by atoms with Crippen LogP contribution in [0.4, 0.5) is 5.82 Å². The van der Waals surface area contributed by atoms with Crippen molar-refractivity contribution in [2.24, 2.45) is 0 Å². The third-order valence-corrected chi connectivity index (χ3v) is 2.10. The molecule has 0 aliphatic carbocycles. The van der Waals surface area contributed by atoms with Crippen LogP contribution in [0.1, 0.15) is 31.3 Å². The van der Waals surface area contributed by atoms with Gasteiger partial charge < -0.3 is 15.2 Å². The second-order valence-electron chi connectivity index (χ2n) is 4.14. The molecule has 6 nitrogen and oxygen atoms in total. The number of hydrogen-bond acceptors (Lipinski definition) is 5. The molecule has 1 heterocycles. The standard InChI is InChI=1S/C11H17N3O3/c1-4-17-11(2,3)7-14-9-6-12-8(5-13-9)10(15)16/h5-6H,4,7H2,1-3H3,(H,13,14)(H,15,16). The first kappa shape index (κ1) is 13.4. The number of carbonyl (C=O) groups is 1. The summed E-state index contributed by atoms with van der Waals surface area (Å²) in [7, 11) is 0. The van der Waals surface area contributed by atoms with Crippen LogP contribution in [0.2, 0.25) is 0 Å². The average Bonchev–Trinajstić information content (AvgIpc) is 2.27. The van der Waals surface area contributed by atoms with E-state index in [2.05, 4.69) is 15.3 Å². The molecule has 0 aromatic carbocycles. The number of hydrogen-bond donors (Lipinski definition) is 2. The van der Waals surface area contributed by atoms with E-state index >= 15 is 0 Å². The molecule has 0 amide bonds. The Morgan fingerprint density at radius 3 is 2.65 bits per heavy atom. The largest absolute Gasteiger partial charge is 0.476 e. The van der Waals surface area contributed by atoms with Crippen molar-refractivity contribution in [3.05, 3.63) is 18.1 Å². The Bertz CT molecular complexity index is 376. The number of rotatable bonds is 6. The van der Waals surface area contributed by atoms with Gasteiger partial charge in [-0.25, -0.2) is 14.8 Å². The smallest absolute Gasteiger partial charge is 0.356 e. The molecule has 94 valence electrons. The molecule has 0 fully saturated rings. The van der Waals surface area contributed by atoms with Crippen LogP contribution in [0.5, 0.6) is 0 Å². The van der Waals surface area contributed by atoms with Crippen LogP contribution in [-0.4, -0.2) is 39.8 Å². The molecule has 0 bridgehead atoms. The minimum atomic E-state index is -1.08.